The van der Waals surface area contributed by atoms with Crippen molar-refractivity contribution >= 4 is 17.5 Å². The number of rotatable bonds is 6. The molecule has 150 valence electrons. The van der Waals surface area contributed by atoms with Crippen molar-refractivity contribution in [3.05, 3.63) is 76.8 Å². The molecule has 29 heavy (non-hydrogen) atoms. The first-order valence-electron chi connectivity index (χ1n) is 10.2. The maximum atomic E-state index is 13.4. The summed E-state index contributed by atoms with van der Waals surface area (Å²) in [4.78, 5) is 19.8. The SMILES string of the molecule is Cc1nc(C(=O)N(CCc2ccccc2)C2CCCC2)nn1-c1ccc(Cl)cc1. The van der Waals surface area contributed by atoms with Crippen LogP contribution in [0.25, 0.3) is 5.69 Å². The third kappa shape index (κ3) is 4.51. The summed E-state index contributed by atoms with van der Waals surface area (Å²) in [5.74, 6) is 0.867. The molecule has 0 aliphatic heterocycles. The molecule has 3 aromatic rings. The number of benzene rings is 2. The lowest BCUT2D eigenvalue weighted by molar-refractivity contribution is 0.0671. The lowest BCUT2D eigenvalue weighted by atomic mass is 10.1. The highest BCUT2D eigenvalue weighted by Crippen LogP contribution is 2.25. The van der Waals surface area contributed by atoms with Crippen molar-refractivity contribution in [1.29, 1.82) is 0 Å². The van der Waals surface area contributed by atoms with E-state index in [1.54, 1.807) is 4.68 Å². The van der Waals surface area contributed by atoms with Crippen LogP contribution in [-0.4, -0.2) is 38.2 Å². The molecule has 5 nitrogen and oxygen atoms in total. The summed E-state index contributed by atoms with van der Waals surface area (Å²) in [5.41, 5.74) is 2.08. The predicted octanol–water partition coefficient (Wildman–Crippen LogP) is 4.86. The Morgan fingerprint density at radius 2 is 1.79 bits per heavy atom. The minimum Gasteiger partial charge on any atom is -0.333 e. The second-order valence-corrected chi connectivity index (χ2v) is 7.98. The minimum atomic E-state index is -0.0800. The Balaban J connectivity index is 1.57. The van der Waals surface area contributed by atoms with Crippen LogP contribution in [0.2, 0.25) is 5.02 Å². The van der Waals surface area contributed by atoms with Crippen molar-refractivity contribution in [2.24, 2.45) is 0 Å². The molecule has 1 fully saturated rings. The number of aryl methyl sites for hydroxylation is 1. The van der Waals surface area contributed by atoms with Crippen LogP contribution < -0.4 is 0 Å². The fourth-order valence-electron chi connectivity index (χ4n) is 4.00. The van der Waals surface area contributed by atoms with E-state index in [0.717, 1.165) is 24.9 Å². The number of hydrogen-bond donors (Lipinski definition) is 0. The van der Waals surface area contributed by atoms with E-state index in [2.05, 4.69) is 22.2 Å². The van der Waals surface area contributed by atoms with Gasteiger partial charge in [0.05, 0.1) is 5.69 Å². The zero-order valence-electron chi connectivity index (χ0n) is 16.6. The Kier molecular flexibility index (Phi) is 5.95. The van der Waals surface area contributed by atoms with E-state index in [4.69, 9.17) is 11.6 Å². The number of carbonyl (C=O) groups is 1. The number of amides is 1. The molecule has 1 saturated carbocycles. The van der Waals surface area contributed by atoms with E-state index in [1.165, 1.54) is 18.4 Å². The van der Waals surface area contributed by atoms with Crippen molar-refractivity contribution in [3.8, 4) is 5.69 Å². The average Bonchev–Trinajstić information content (AvgIpc) is 3.40. The van der Waals surface area contributed by atoms with Crippen LogP contribution in [0.15, 0.2) is 54.6 Å². The summed E-state index contributed by atoms with van der Waals surface area (Å²) in [6, 6.07) is 17.9. The quantitative estimate of drug-likeness (QED) is 0.585. The van der Waals surface area contributed by atoms with Crippen LogP contribution >= 0.6 is 11.6 Å². The van der Waals surface area contributed by atoms with Crippen molar-refractivity contribution in [2.75, 3.05) is 6.54 Å². The number of aromatic nitrogens is 3. The molecule has 1 aromatic heterocycles. The predicted molar refractivity (Wildman–Crippen MR) is 115 cm³/mol. The van der Waals surface area contributed by atoms with Crippen molar-refractivity contribution in [3.63, 3.8) is 0 Å². The summed E-state index contributed by atoms with van der Waals surface area (Å²) < 4.78 is 1.70. The van der Waals surface area contributed by atoms with E-state index in [-0.39, 0.29) is 17.8 Å². The monoisotopic (exact) mass is 408 g/mol. The summed E-state index contributed by atoms with van der Waals surface area (Å²) in [6.07, 6.45) is 5.28. The molecular formula is C23H25ClN4O. The van der Waals surface area contributed by atoms with Crippen LogP contribution in [0, 0.1) is 6.92 Å². The Bertz CT molecular complexity index is 962. The van der Waals surface area contributed by atoms with Gasteiger partial charge in [-0.15, -0.1) is 5.10 Å². The first kappa shape index (κ1) is 19.6. The zero-order valence-corrected chi connectivity index (χ0v) is 17.3. The highest BCUT2D eigenvalue weighted by atomic mass is 35.5. The summed E-state index contributed by atoms with van der Waals surface area (Å²) in [5, 5.41) is 5.19. The first-order valence-corrected chi connectivity index (χ1v) is 10.5. The summed E-state index contributed by atoms with van der Waals surface area (Å²) in [7, 11) is 0. The van der Waals surface area contributed by atoms with Gasteiger partial charge in [-0.25, -0.2) is 9.67 Å². The fraction of sp³-hybridized carbons (Fsp3) is 0.348. The molecule has 0 N–H and O–H groups in total. The van der Waals surface area contributed by atoms with Gasteiger partial charge in [-0.3, -0.25) is 4.79 Å². The number of carbonyl (C=O) groups excluding carboxylic acids is 1. The highest BCUT2D eigenvalue weighted by Gasteiger charge is 2.30. The molecule has 2 aromatic carbocycles. The van der Waals surface area contributed by atoms with Gasteiger partial charge < -0.3 is 4.90 Å². The van der Waals surface area contributed by atoms with Crippen LogP contribution in [-0.2, 0) is 6.42 Å². The third-order valence-electron chi connectivity index (χ3n) is 5.54. The van der Waals surface area contributed by atoms with Gasteiger partial charge in [0.25, 0.3) is 5.91 Å². The van der Waals surface area contributed by atoms with Gasteiger partial charge in [0.15, 0.2) is 0 Å². The Labute approximate surface area is 176 Å². The van der Waals surface area contributed by atoms with Crippen molar-refractivity contribution in [2.45, 2.75) is 45.1 Å². The molecule has 0 spiro atoms. The molecule has 1 amide bonds. The number of hydrogen-bond acceptors (Lipinski definition) is 3. The molecule has 0 saturated heterocycles. The zero-order chi connectivity index (χ0) is 20.2. The fourth-order valence-corrected chi connectivity index (χ4v) is 4.12. The number of halogens is 1. The molecule has 0 bridgehead atoms. The molecule has 0 atom stereocenters. The topological polar surface area (TPSA) is 51.0 Å². The van der Waals surface area contributed by atoms with E-state index in [0.29, 0.717) is 17.4 Å². The standard InChI is InChI=1S/C23H25ClN4O/c1-17-25-22(26-28(17)21-13-11-19(24)12-14-21)23(29)27(20-9-5-6-10-20)16-15-18-7-3-2-4-8-18/h2-4,7-8,11-14,20H,5-6,9-10,15-16H2,1H3. The normalized spacial score (nSPS) is 14.3. The van der Waals surface area contributed by atoms with E-state index >= 15 is 0 Å². The van der Waals surface area contributed by atoms with Gasteiger partial charge in [0.1, 0.15) is 5.82 Å². The Morgan fingerprint density at radius 3 is 2.48 bits per heavy atom. The van der Waals surface area contributed by atoms with Crippen molar-refractivity contribution in [1.82, 2.24) is 19.7 Å². The van der Waals surface area contributed by atoms with Gasteiger partial charge >= 0.3 is 0 Å². The third-order valence-corrected chi connectivity index (χ3v) is 5.79. The molecule has 1 aliphatic carbocycles. The Morgan fingerprint density at radius 1 is 1.10 bits per heavy atom. The molecular weight excluding hydrogens is 384 g/mol. The summed E-state index contributed by atoms with van der Waals surface area (Å²) in [6.45, 7) is 2.55. The van der Waals surface area contributed by atoms with Crippen LogP contribution in [0.4, 0.5) is 0 Å². The maximum Gasteiger partial charge on any atom is 0.293 e. The van der Waals surface area contributed by atoms with Crippen molar-refractivity contribution < 1.29 is 4.79 Å². The second-order valence-electron chi connectivity index (χ2n) is 7.54. The first-order chi connectivity index (χ1) is 14.1. The van der Waals surface area contributed by atoms with Crippen LogP contribution in [0.3, 0.4) is 0 Å². The minimum absolute atomic E-state index is 0.0800. The molecule has 0 unspecified atom stereocenters. The lowest BCUT2D eigenvalue weighted by Crippen LogP contribution is -2.40. The van der Waals surface area contributed by atoms with Gasteiger partial charge in [-0.05, 0) is 56.0 Å². The van der Waals surface area contributed by atoms with Gasteiger partial charge in [-0.1, -0.05) is 54.8 Å². The van der Waals surface area contributed by atoms with Gasteiger partial charge in [0, 0.05) is 17.6 Å². The van der Waals surface area contributed by atoms with E-state index < -0.39 is 0 Å². The van der Waals surface area contributed by atoms with Gasteiger partial charge in [0.2, 0.25) is 5.82 Å². The highest BCUT2D eigenvalue weighted by molar-refractivity contribution is 6.30. The molecule has 0 radical (unpaired) electrons. The van der Waals surface area contributed by atoms with Crippen LogP contribution in [0.5, 0.6) is 0 Å². The largest absolute Gasteiger partial charge is 0.333 e. The number of nitrogens with zero attached hydrogens (tertiary/aromatic N) is 4. The molecule has 6 heteroatoms. The molecule has 1 aliphatic rings. The van der Waals surface area contributed by atoms with E-state index in [1.807, 2.05) is 54.3 Å². The Hall–Kier alpha value is -2.66. The van der Waals surface area contributed by atoms with Gasteiger partial charge in [-0.2, -0.15) is 0 Å². The molecule has 4 rings (SSSR count). The van der Waals surface area contributed by atoms with Crippen LogP contribution in [0.1, 0.15) is 47.7 Å². The lowest BCUT2D eigenvalue weighted by Gasteiger charge is -2.28. The second kappa shape index (κ2) is 8.78. The van der Waals surface area contributed by atoms with E-state index in [9.17, 15) is 4.79 Å². The summed E-state index contributed by atoms with van der Waals surface area (Å²) >= 11 is 5.99. The molecule has 1 heterocycles. The average molecular weight is 409 g/mol. The maximum absolute atomic E-state index is 13.4. The smallest absolute Gasteiger partial charge is 0.293 e.